The molecule has 1 N–H and O–H groups in total. The maximum Gasteiger partial charge on any atom is 0.0568 e. The van der Waals surface area contributed by atoms with Crippen LogP contribution in [-0.4, -0.2) is 11.2 Å². The number of benzene rings is 1. The van der Waals surface area contributed by atoms with Gasteiger partial charge in [0.25, 0.3) is 0 Å². The average Bonchev–Trinajstić information content (AvgIpc) is 3.02. The summed E-state index contributed by atoms with van der Waals surface area (Å²) in [6.07, 6.45) is 5.64. The molecule has 0 aliphatic heterocycles. The molecule has 1 fully saturated rings. The largest absolute Gasteiger partial charge is 0.393 e. The van der Waals surface area contributed by atoms with Crippen molar-refractivity contribution in [3.05, 3.63) is 35.9 Å². The summed E-state index contributed by atoms with van der Waals surface area (Å²) in [6, 6.07) is 10.5. The highest BCUT2D eigenvalue weighted by atomic mass is 16.3. The van der Waals surface area contributed by atoms with E-state index in [4.69, 9.17) is 0 Å². The molecule has 0 aromatic heterocycles. The zero-order valence-corrected chi connectivity index (χ0v) is 8.52. The molecule has 1 unspecified atom stereocenters. The summed E-state index contributed by atoms with van der Waals surface area (Å²) in [5.74, 6) is 0.630. The first-order valence-corrected chi connectivity index (χ1v) is 5.58. The molecule has 0 spiro atoms. The van der Waals surface area contributed by atoms with Crippen molar-refractivity contribution in [2.24, 2.45) is 5.92 Å². The smallest absolute Gasteiger partial charge is 0.0568 e. The molecular weight excluding hydrogens is 172 g/mol. The van der Waals surface area contributed by atoms with E-state index in [9.17, 15) is 5.11 Å². The van der Waals surface area contributed by atoms with Gasteiger partial charge in [0, 0.05) is 0 Å². The quantitative estimate of drug-likeness (QED) is 0.757. The first kappa shape index (κ1) is 9.72. The highest BCUT2D eigenvalue weighted by molar-refractivity contribution is 5.14. The second kappa shape index (κ2) is 4.61. The van der Waals surface area contributed by atoms with Crippen LogP contribution in [0.15, 0.2) is 30.3 Å². The Morgan fingerprint density at radius 1 is 1.21 bits per heavy atom. The Bertz CT molecular complexity index is 264. The molecule has 1 nitrogen and oxygen atoms in total. The van der Waals surface area contributed by atoms with E-state index >= 15 is 0 Å². The number of hydrogen-bond donors (Lipinski definition) is 1. The molecule has 0 saturated heterocycles. The van der Waals surface area contributed by atoms with Crippen molar-refractivity contribution in [1.82, 2.24) is 0 Å². The highest BCUT2D eigenvalue weighted by Gasteiger charge is 2.28. The summed E-state index contributed by atoms with van der Waals surface area (Å²) >= 11 is 0. The number of hydrogen-bond acceptors (Lipinski definition) is 1. The van der Waals surface area contributed by atoms with Crippen LogP contribution in [0.2, 0.25) is 0 Å². The van der Waals surface area contributed by atoms with Crippen LogP contribution >= 0.6 is 0 Å². The fraction of sp³-hybridized carbons (Fsp3) is 0.538. The van der Waals surface area contributed by atoms with Crippen molar-refractivity contribution < 1.29 is 5.11 Å². The van der Waals surface area contributed by atoms with E-state index < -0.39 is 0 Å². The van der Waals surface area contributed by atoms with Gasteiger partial charge in [0.2, 0.25) is 0 Å². The fourth-order valence-electron chi connectivity index (χ4n) is 1.88. The molecule has 2 rings (SSSR count). The van der Waals surface area contributed by atoms with Crippen molar-refractivity contribution in [2.45, 2.75) is 38.2 Å². The number of aliphatic hydroxyl groups excluding tert-OH is 1. The van der Waals surface area contributed by atoms with Gasteiger partial charge in [-0.15, -0.1) is 0 Å². The lowest BCUT2D eigenvalue weighted by Crippen LogP contribution is -2.08. The lowest BCUT2D eigenvalue weighted by Gasteiger charge is -2.08. The van der Waals surface area contributed by atoms with Crippen molar-refractivity contribution in [3.8, 4) is 0 Å². The molecule has 1 aromatic carbocycles. The molecule has 1 aliphatic carbocycles. The summed E-state index contributed by atoms with van der Waals surface area (Å²) in [5, 5.41) is 9.67. The molecule has 0 bridgehead atoms. The number of rotatable bonds is 5. The van der Waals surface area contributed by atoms with Gasteiger partial charge in [0.1, 0.15) is 0 Å². The molecule has 1 atom stereocenters. The van der Waals surface area contributed by atoms with Crippen LogP contribution < -0.4 is 0 Å². The minimum Gasteiger partial charge on any atom is -0.393 e. The molecule has 0 heterocycles. The van der Waals surface area contributed by atoms with E-state index in [1.54, 1.807) is 0 Å². The van der Waals surface area contributed by atoms with Gasteiger partial charge in [-0.25, -0.2) is 0 Å². The third-order valence-electron chi connectivity index (χ3n) is 2.97. The van der Waals surface area contributed by atoms with Gasteiger partial charge in [-0.1, -0.05) is 30.3 Å². The van der Waals surface area contributed by atoms with Crippen molar-refractivity contribution >= 4 is 0 Å². The van der Waals surface area contributed by atoms with E-state index in [0.717, 1.165) is 19.3 Å². The van der Waals surface area contributed by atoms with Crippen LogP contribution in [0.5, 0.6) is 0 Å². The molecule has 14 heavy (non-hydrogen) atoms. The molecule has 0 amide bonds. The molecule has 1 aromatic rings. The van der Waals surface area contributed by atoms with Gasteiger partial charge in [-0.3, -0.25) is 0 Å². The third kappa shape index (κ3) is 2.85. The van der Waals surface area contributed by atoms with Gasteiger partial charge in [0.15, 0.2) is 0 Å². The summed E-state index contributed by atoms with van der Waals surface area (Å²) < 4.78 is 0. The lowest BCUT2D eigenvalue weighted by molar-refractivity contribution is 0.139. The van der Waals surface area contributed by atoms with Gasteiger partial charge in [-0.05, 0) is 43.6 Å². The van der Waals surface area contributed by atoms with Gasteiger partial charge >= 0.3 is 0 Å². The Morgan fingerprint density at radius 3 is 2.57 bits per heavy atom. The monoisotopic (exact) mass is 190 g/mol. The number of aliphatic hydroxyl groups is 1. The number of aryl methyl sites for hydroxylation is 1. The minimum atomic E-state index is -0.0290. The van der Waals surface area contributed by atoms with Crippen LogP contribution in [0.25, 0.3) is 0 Å². The first-order chi connectivity index (χ1) is 6.86. The standard InChI is InChI=1S/C13H18O/c14-13(12-9-10-12)8-4-7-11-5-2-1-3-6-11/h1-3,5-6,12-14H,4,7-10H2. The topological polar surface area (TPSA) is 20.2 Å². The Kier molecular flexibility index (Phi) is 3.20. The zero-order valence-electron chi connectivity index (χ0n) is 8.52. The van der Waals surface area contributed by atoms with E-state index in [1.807, 2.05) is 6.07 Å². The van der Waals surface area contributed by atoms with E-state index in [0.29, 0.717) is 5.92 Å². The van der Waals surface area contributed by atoms with Gasteiger partial charge < -0.3 is 5.11 Å². The third-order valence-corrected chi connectivity index (χ3v) is 2.97. The molecule has 1 heteroatoms. The highest BCUT2D eigenvalue weighted by Crippen LogP contribution is 2.34. The summed E-state index contributed by atoms with van der Waals surface area (Å²) in [7, 11) is 0. The Morgan fingerprint density at radius 2 is 1.93 bits per heavy atom. The van der Waals surface area contributed by atoms with Crippen molar-refractivity contribution in [1.29, 1.82) is 0 Å². The van der Waals surface area contributed by atoms with E-state index in [-0.39, 0.29) is 6.10 Å². The van der Waals surface area contributed by atoms with Crippen LogP contribution in [-0.2, 0) is 6.42 Å². The Hall–Kier alpha value is -0.820. The van der Waals surface area contributed by atoms with Crippen LogP contribution in [0, 0.1) is 5.92 Å². The van der Waals surface area contributed by atoms with Crippen LogP contribution in [0.3, 0.4) is 0 Å². The zero-order chi connectivity index (χ0) is 9.80. The fourth-order valence-corrected chi connectivity index (χ4v) is 1.88. The predicted molar refractivity (Wildman–Crippen MR) is 58.1 cm³/mol. The first-order valence-electron chi connectivity index (χ1n) is 5.58. The molecule has 1 aliphatic rings. The Labute approximate surface area is 85.8 Å². The summed E-state index contributed by atoms with van der Waals surface area (Å²) in [6.45, 7) is 0. The minimum absolute atomic E-state index is 0.0290. The SMILES string of the molecule is OC(CCCc1ccccc1)C1CC1. The second-order valence-electron chi connectivity index (χ2n) is 4.28. The maximum absolute atomic E-state index is 9.67. The molecule has 0 radical (unpaired) electrons. The lowest BCUT2D eigenvalue weighted by atomic mass is 10.0. The van der Waals surface area contributed by atoms with Crippen LogP contribution in [0.4, 0.5) is 0 Å². The molecule has 76 valence electrons. The van der Waals surface area contributed by atoms with Crippen molar-refractivity contribution in [3.63, 3.8) is 0 Å². The van der Waals surface area contributed by atoms with E-state index in [2.05, 4.69) is 24.3 Å². The summed E-state index contributed by atoms with van der Waals surface area (Å²) in [5.41, 5.74) is 1.38. The average molecular weight is 190 g/mol. The van der Waals surface area contributed by atoms with Crippen molar-refractivity contribution in [2.75, 3.05) is 0 Å². The maximum atomic E-state index is 9.67. The molecule has 1 saturated carbocycles. The summed E-state index contributed by atoms with van der Waals surface area (Å²) in [4.78, 5) is 0. The molecular formula is C13H18O. The predicted octanol–water partition coefficient (Wildman–Crippen LogP) is 2.78. The van der Waals surface area contributed by atoms with Gasteiger partial charge in [-0.2, -0.15) is 0 Å². The van der Waals surface area contributed by atoms with E-state index in [1.165, 1.54) is 18.4 Å². The second-order valence-corrected chi connectivity index (χ2v) is 4.28. The van der Waals surface area contributed by atoms with Gasteiger partial charge in [0.05, 0.1) is 6.10 Å². The Balaban J connectivity index is 1.67. The van der Waals surface area contributed by atoms with Crippen LogP contribution in [0.1, 0.15) is 31.2 Å². The normalized spacial score (nSPS) is 18.1.